The molecule has 2 aromatic heterocycles. The molecule has 7 N–H and O–H groups in total. The minimum Gasteiger partial charge on any atom is -0.456 e. The standard InChI is InChI=1S/C80H127N13O38/c1-52(95)81-65-68(123-55(4)98)71(126-58(7)101)78(49-120-74(65)129-78)46-114-34-31-111-28-25-108-22-19-105-16-12-91-37-61(85-88-91)40-117-43-77(84-64(104)11-10-15-94,44-118-41-62-38-92(89-86-62)13-17-106-20-23-109-26-29-112-32-35-115-47-79-50-121-75(130-79)66(82-53(2)96)69(124-56(5)99)72(79)127-59(8)102)45-119-42-63-39-93(90-87-63)14-18-107-21-24-110-27-30-113-33-36-116-48-80-51-122-76(131-80)67(83-54(3)97)70(125-57(6)100)73(80)128-60(9)103/h37-39,65-76,85,88,94H,10-36,40-51H2,1-9H3,(H,81,95)(H,82,96)(H,83,97)(H,84,104)/t65-,66-,67-,68-,69-,70-,71-,72-,73-,74+,75+,76+,78+,79+,80+/m1/s1. The highest BCUT2D eigenvalue weighted by Crippen LogP contribution is 2.44. The van der Waals surface area contributed by atoms with Crippen LogP contribution in [0.1, 0.15) is 86.5 Å². The Kier molecular flexibility index (Phi) is 44.8. The molecule has 6 saturated heterocycles. The molecule has 7 aliphatic heterocycles. The van der Waals surface area contributed by atoms with Gasteiger partial charge in [0.05, 0.1) is 256 Å². The molecule has 6 bridgehead atoms. The number of fused-ring (bicyclic) bond motifs is 6. The van der Waals surface area contributed by atoms with Gasteiger partial charge in [-0.25, -0.2) is 9.36 Å². The predicted molar refractivity (Wildman–Crippen MR) is 435 cm³/mol. The Labute approximate surface area is 756 Å². The van der Waals surface area contributed by atoms with Crippen molar-refractivity contribution in [3.63, 3.8) is 0 Å². The van der Waals surface area contributed by atoms with Crippen molar-refractivity contribution in [2.75, 3.05) is 218 Å². The monoisotopic (exact) mass is 1880 g/mol. The van der Waals surface area contributed by atoms with Crippen LogP contribution in [0.4, 0.5) is 0 Å². The van der Waals surface area contributed by atoms with E-state index >= 15 is 0 Å². The number of amides is 4. The smallest absolute Gasteiger partial charge is 0.303 e. The number of aromatic nitrogens is 6. The maximum atomic E-state index is 13.7. The predicted octanol–water partition coefficient (Wildman–Crippen LogP) is -4.91. The van der Waals surface area contributed by atoms with E-state index in [-0.39, 0.29) is 224 Å². The molecule has 4 amide bonds. The van der Waals surface area contributed by atoms with Crippen molar-refractivity contribution < 1.29 is 181 Å². The molecule has 0 radical (unpaired) electrons. The van der Waals surface area contributed by atoms with Crippen molar-refractivity contribution in [2.45, 2.75) is 197 Å². The molecule has 0 unspecified atom stereocenters. The van der Waals surface area contributed by atoms with Gasteiger partial charge < -0.3 is 160 Å². The zero-order chi connectivity index (χ0) is 94.0. The molecule has 9 rings (SSSR count). The fourth-order valence-electron chi connectivity index (χ4n) is 14.8. The SMILES string of the molecule is CC(=O)N[C@H]1[C@H]2OC[C@](COCCOCCOCCOCCN3C=C(COCC(COCc4cn(CCOCCOCCOCCOC[C@@]56CO[C@@H](O5)[C@H](NC(C)=O)[C@@H](OC(C)=O)[C@H]6OC(C)=O)nn4)(COCc4cn(CCOCCOCCOCCOC[C@@]56CO[C@@H](O5)[C@H](NC(C)=O)[C@@H](OC(C)=O)[C@H]6OC(C)=O)nn4)NC(=O)CCCO)NN3)(O2)[C@H](OC(C)=O)[C@@H]1OC(C)=O. The molecule has 0 aromatic carbocycles. The first-order chi connectivity index (χ1) is 63.1. The van der Waals surface area contributed by atoms with Gasteiger partial charge in [-0.3, -0.25) is 53.0 Å². The molecule has 0 spiro atoms. The molecule has 6 fully saturated rings. The number of aliphatic hydroxyl groups excluding tert-OH is 1. The second kappa shape index (κ2) is 55.3. The number of hydrogen-bond acceptors (Lipinski definition) is 45. The molecule has 0 aliphatic carbocycles. The molecule has 15 atom stereocenters. The molecular weight excluding hydrogens is 1750 g/mol. The van der Waals surface area contributed by atoms with Crippen LogP contribution in [0.2, 0.25) is 0 Å². The van der Waals surface area contributed by atoms with Crippen LogP contribution in [-0.4, -0.2) is 413 Å². The lowest BCUT2D eigenvalue weighted by Crippen LogP contribution is -2.68. The summed E-state index contributed by atoms with van der Waals surface area (Å²) in [4.78, 5) is 123. The van der Waals surface area contributed by atoms with Gasteiger partial charge in [0.15, 0.2) is 72.3 Å². The average molecular weight is 1880 g/mol. The Morgan fingerprint density at radius 2 is 0.718 bits per heavy atom. The molecule has 740 valence electrons. The van der Waals surface area contributed by atoms with E-state index in [1.807, 2.05) is 0 Å². The van der Waals surface area contributed by atoms with Gasteiger partial charge in [-0.15, -0.1) is 15.7 Å². The van der Waals surface area contributed by atoms with Crippen molar-refractivity contribution >= 4 is 59.4 Å². The molecular formula is C80H127N13O38. The van der Waals surface area contributed by atoms with E-state index in [9.17, 15) is 53.1 Å². The van der Waals surface area contributed by atoms with Crippen LogP contribution in [0, 0.1) is 0 Å². The first kappa shape index (κ1) is 106. The van der Waals surface area contributed by atoms with Gasteiger partial charge in [-0.05, 0) is 6.42 Å². The summed E-state index contributed by atoms with van der Waals surface area (Å²) in [6.45, 7) is 16.1. The molecule has 9 heterocycles. The first-order valence-corrected chi connectivity index (χ1v) is 43.2. The van der Waals surface area contributed by atoms with Gasteiger partial charge in [0.25, 0.3) is 0 Å². The minimum absolute atomic E-state index is 0.0163. The fraction of sp³-hybridized carbons (Fsp3) is 0.800. The summed E-state index contributed by atoms with van der Waals surface area (Å²) in [5.41, 5.74) is 2.46. The Bertz CT molecular complexity index is 3750. The van der Waals surface area contributed by atoms with E-state index in [1.165, 1.54) is 62.3 Å². The highest BCUT2D eigenvalue weighted by molar-refractivity contribution is 5.77. The van der Waals surface area contributed by atoms with Gasteiger partial charge >= 0.3 is 35.8 Å². The molecule has 0 saturated carbocycles. The van der Waals surface area contributed by atoms with Crippen LogP contribution in [0.3, 0.4) is 0 Å². The van der Waals surface area contributed by atoms with Gasteiger partial charge in [0.2, 0.25) is 23.6 Å². The topological polar surface area (TPSA) is 577 Å². The molecule has 51 heteroatoms. The third-order valence-corrected chi connectivity index (χ3v) is 20.3. The van der Waals surface area contributed by atoms with Crippen LogP contribution in [0.5, 0.6) is 0 Å². The van der Waals surface area contributed by atoms with Crippen LogP contribution in [0.15, 0.2) is 24.3 Å². The quantitative estimate of drug-likeness (QED) is 0.0185. The van der Waals surface area contributed by atoms with Crippen LogP contribution >= 0.6 is 0 Å². The van der Waals surface area contributed by atoms with Crippen molar-refractivity contribution in [3.05, 3.63) is 35.7 Å². The summed E-state index contributed by atoms with van der Waals surface area (Å²) >= 11 is 0. The lowest BCUT2D eigenvalue weighted by Gasteiger charge is -2.45. The summed E-state index contributed by atoms with van der Waals surface area (Å²) in [5, 5.41) is 39.6. The highest BCUT2D eigenvalue weighted by Gasteiger charge is 2.66. The second-order valence-corrected chi connectivity index (χ2v) is 31.4. The number of rotatable bonds is 67. The molecule has 131 heavy (non-hydrogen) atoms. The third-order valence-electron chi connectivity index (χ3n) is 20.3. The maximum Gasteiger partial charge on any atom is 0.303 e. The van der Waals surface area contributed by atoms with Crippen LogP contribution in [0.25, 0.3) is 0 Å². The molecule has 7 aliphatic rings. The first-order valence-electron chi connectivity index (χ1n) is 43.2. The molecule has 2 aromatic rings. The zero-order valence-corrected chi connectivity index (χ0v) is 75.4. The molecule has 51 nitrogen and oxygen atoms in total. The van der Waals surface area contributed by atoms with Crippen molar-refractivity contribution in [3.8, 4) is 0 Å². The number of nitrogens with one attached hydrogen (secondary N) is 6. The van der Waals surface area contributed by atoms with Gasteiger partial charge in [-0.2, -0.15) is 0 Å². The van der Waals surface area contributed by atoms with E-state index < -0.39 is 155 Å². The summed E-state index contributed by atoms with van der Waals surface area (Å²) in [6, 6.07) is -2.82. The van der Waals surface area contributed by atoms with E-state index in [1.54, 1.807) is 33.0 Å². The highest BCUT2D eigenvalue weighted by atomic mass is 16.8. The van der Waals surface area contributed by atoms with Crippen molar-refractivity contribution in [2.24, 2.45) is 0 Å². The fourth-order valence-corrected chi connectivity index (χ4v) is 14.8. The number of esters is 6. The third kappa shape index (κ3) is 35.0. The van der Waals surface area contributed by atoms with Crippen molar-refractivity contribution in [1.29, 1.82) is 0 Å². The Hall–Kier alpha value is -8.60. The zero-order valence-electron chi connectivity index (χ0n) is 75.4. The maximum absolute atomic E-state index is 13.7. The number of hydrogen-bond donors (Lipinski definition) is 7. The van der Waals surface area contributed by atoms with Gasteiger partial charge in [0.1, 0.15) is 35.1 Å². The van der Waals surface area contributed by atoms with Crippen LogP contribution in [-0.2, 0) is 202 Å². The summed E-state index contributed by atoms with van der Waals surface area (Å²) < 4.78 is 161. The Morgan fingerprint density at radius 3 is 1.03 bits per heavy atom. The number of hydrazine groups is 2. The minimum atomic E-state index is -1.32. The van der Waals surface area contributed by atoms with Gasteiger partial charge in [-0.1, -0.05) is 10.4 Å². The van der Waals surface area contributed by atoms with E-state index in [2.05, 4.69) is 52.9 Å². The van der Waals surface area contributed by atoms with E-state index in [4.69, 9.17) is 128 Å². The summed E-state index contributed by atoms with van der Waals surface area (Å²) in [7, 11) is 0. The summed E-state index contributed by atoms with van der Waals surface area (Å²) in [5.74, 6) is -5.62. The second-order valence-electron chi connectivity index (χ2n) is 31.4. The number of ether oxygens (including phenoxy) is 27. The summed E-state index contributed by atoms with van der Waals surface area (Å²) in [6.07, 6.45) is -4.36. The lowest BCUT2D eigenvalue weighted by molar-refractivity contribution is -0.251. The lowest BCUT2D eigenvalue weighted by atomic mass is 9.87. The van der Waals surface area contributed by atoms with E-state index in [0.29, 0.717) is 49.9 Å². The Morgan fingerprint density at radius 1 is 0.412 bits per heavy atom. The number of carbonyl (C=O) groups is 10. The number of aliphatic hydroxyl groups is 1. The number of nitrogens with zero attached hydrogens (tertiary/aromatic N) is 7. The number of carbonyl (C=O) groups excluding carboxylic acids is 10. The van der Waals surface area contributed by atoms with Gasteiger partial charge in [0, 0.05) is 81.5 Å². The van der Waals surface area contributed by atoms with E-state index in [0.717, 1.165) is 0 Å². The largest absolute Gasteiger partial charge is 0.456 e. The van der Waals surface area contributed by atoms with Crippen LogP contribution < -0.4 is 32.2 Å². The average Bonchev–Trinajstić information content (AvgIpc) is 1.62. The Balaban J connectivity index is 0.675. The van der Waals surface area contributed by atoms with Crippen molar-refractivity contribution in [1.82, 2.24) is 67.2 Å². The normalized spacial score (nSPS) is 25.2.